The van der Waals surface area contributed by atoms with E-state index < -0.39 is 0 Å². The van der Waals surface area contributed by atoms with Crippen LogP contribution in [0.5, 0.6) is 0 Å². The van der Waals surface area contributed by atoms with Crippen molar-refractivity contribution >= 4 is 16.7 Å². The third-order valence-corrected chi connectivity index (χ3v) is 6.17. The molecular weight excluding hydrogens is 356 g/mol. The van der Waals surface area contributed by atoms with E-state index in [1.165, 1.54) is 33.5 Å². The second kappa shape index (κ2) is 6.52. The maximum Gasteiger partial charge on any atom is 0.0890 e. The molecule has 0 saturated heterocycles. The van der Waals surface area contributed by atoms with E-state index in [4.69, 9.17) is 5.10 Å². The predicted molar refractivity (Wildman–Crippen MR) is 116 cm³/mol. The summed E-state index contributed by atoms with van der Waals surface area (Å²) in [6.07, 6.45) is 5.64. The van der Waals surface area contributed by atoms with E-state index in [0.717, 1.165) is 23.9 Å². The quantitative estimate of drug-likeness (QED) is 0.541. The zero-order chi connectivity index (χ0) is 19.2. The van der Waals surface area contributed by atoms with Crippen molar-refractivity contribution in [2.75, 3.05) is 0 Å². The number of hydrogen-bond donors (Lipinski definition) is 1. The molecule has 4 nitrogen and oxygen atoms in total. The first kappa shape index (κ1) is 16.4. The summed E-state index contributed by atoms with van der Waals surface area (Å²) < 4.78 is 0. The SMILES string of the molecule is c1ccc(-c2cccc3c2CCC2C3=NNC2c2ccc3nccnc3c2)cc1. The summed E-state index contributed by atoms with van der Waals surface area (Å²) >= 11 is 0. The summed E-state index contributed by atoms with van der Waals surface area (Å²) in [4.78, 5) is 8.86. The highest BCUT2D eigenvalue weighted by Crippen LogP contribution is 2.41. The van der Waals surface area contributed by atoms with Gasteiger partial charge in [0, 0.05) is 23.9 Å². The Bertz CT molecular complexity index is 1250. The molecule has 1 aliphatic heterocycles. The Morgan fingerprint density at radius 2 is 1.62 bits per heavy atom. The number of fused-ring (bicyclic) bond motifs is 4. The molecule has 3 aromatic carbocycles. The van der Waals surface area contributed by atoms with Crippen LogP contribution in [0.15, 0.2) is 84.2 Å². The molecule has 4 heteroatoms. The van der Waals surface area contributed by atoms with Gasteiger partial charge in [0.15, 0.2) is 0 Å². The van der Waals surface area contributed by atoms with Gasteiger partial charge in [-0.3, -0.25) is 9.97 Å². The Kier molecular flexibility index (Phi) is 3.69. The van der Waals surface area contributed by atoms with E-state index in [1.54, 1.807) is 12.4 Å². The van der Waals surface area contributed by atoms with Crippen LogP contribution < -0.4 is 5.43 Å². The first-order chi connectivity index (χ1) is 14.4. The third-order valence-electron chi connectivity index (χ3n) is 6.17. The van der Waals surface area contributed by atoms with Crippen molar-refractivity contribution in [1.29, 1.82) is 0 Å². The molecule has 2 heterocycles. The molecule has 2 atom stereocenters. The Morgan fingerprint density at radius 3 is 2.52 bits per heavy atom. The minimum Gasteiger partial charge on any atom is -0.302 e. The van der Waals surface area contributed by atoms with Crippen molar-refractivity contribution in [3.05, 3.63) is 95.8 Å². The van der Waals surface area contributed by atoms with E-state index in [-0.39, 0.29) is 6.04 Å². The molecule has 0 saturated carbocycles. The fraction of sp³-hybridized carbons (Fsp3) is 0.160. The van der Waals surface area contributed by atoms with Crippen LogP contribution in [0.25, 0.3) is 22.2 Å². The second-order valence-electron chi connectivity index (χ2n) is 7.75. The largest absolute Gasteiger partial charge is 0.302 e. The standard InChI is InChI=1S/C25H20N4/c1-2-5-16(6-3-1)18-7-4-8-20-19(18)10-11-21-24(28-29-25(20)21)17-9-12-22-23(15-17)27-14-13-26-22/h1-9,12-15,21,24,28H,10-11H2. The van der Waals surface area contributed by atoms with Crippen molar-refractivity contribution in [1.82, 2.24) is 15.4 Å². The van der Waals surface area contributed by atoms with Crippen LogP contribution in [0.3, 0.4) is 0 Å². The Hall–Kier alpha value is -3.53. The zero-order valence-corrected chi connectivity index (χ0v) is 15.9. The average Bonchev–Trinajstić information content (AvgIpc) is 3.23. The molecule has 6 rings (SSSR count). The lowest BCUT2D eigenvalue weighted by molar-refractivity contribution is 0.467. The monoisotopic (exact) mass is 376 g/mol. The van der Waals surface area contributed by atoms with E-state index >= 15 is 0 Å². The number of nitrogens with zero attached hydrogens (tertiary/aromatic N) is 3. The molecule has 1 aromatic heterocycles. The van der Waals surface area contributed by atoms with E-state index in [9.17, 15) is 0 Å². The lowest BCUT2D eigenvalue weighted by atomic mass is 9.75. The van der Waals surface area contributed by atoms with Crippen LogP contribution in [0.1, 0.15) is 29.2 Å². The van der Waals surface area contributed by atoms with Crippen LogP contribution in [0, 0.1) is 5.92 Å². The van der Waals surface area contributed by atoms with E-state index in [1.807, 2.05) is 0 Å². The lowest BCUT2D eigenvalue weighted by Crippen LogP contribution is -2.27. The van der Waals surface area contributed by atoms with Gasteiger partial charge < -0.3 is 5.43 Å². The Balaban J connectivity index is 1.38. The third kappa shape index (κ3) is 2.64. The molecule has 0 amide bonds. The van der Waals surface area contributed by atoms with Gasteiger partial charge in [0.2, 0.25) is 0 Å². The number of nitrogens with one attached hydrogen (secondary N) is 1. The fourth-order valence-corrected chi connectivity index (χ4v) is 4.80. The highest BCUT2D eigenvalue weighted by atomic mass is 15.3. The summed E-state index contributed by atoms with van der Waals surface area (Å²) in [5.74, 6) is 0.377. The number of aromatic nitrogens is 2. The Morgan fingerprint density at radius 1 is 0.793 bits per heavy atom. The van der Waals surface area contributed by atoms with E-state index in [2.05, 4.69) is 82.1 Å². The average molecular weight is 376 g/mol. The highest BCUT2D eigenvalue weighted by Gasteiger charge is 2.37. The topological polar surface area (TPSA) is 50.2 Å². The number of hydrogen-bond acceptors (Lipinski definition) is 4. The summed E-state index contributed by atoms with van der Waals surface area (Å²) in [6, 6.07) is 23.8. The molecule has 29 heavy (non-hydrogen) atoms. The molecule has 2 aliphatic rings. The zero-order valence-electron chi connectivity index (χ0n) is 15.9. The molecular formula is C25H20N4. The minimum absolute atomic E-state index is 0.185. The van der Waals surface area contributed by atoms with Crippen molar-refractivity contribution in [3.63, 3.8) is 0 Å². The summed E-state index contributed by atoms with van der Waals surface area (Å²) in [6.45, 7) is 0. The van der Waals surface area contributed by atoms with Gasteiger partial charge in [-0.15, -0.1) is 0 Å². The fourth-order valence-electron chi connectivity index (χ4n) is 4.80. The van der Waals surface area contributed by atoms with Gasteiger partial charge in [0.05, 0.1) is 22.8 Å². The molecule has 0 bridgehead atoms. The Labute approximate surface area is 169 Å². The minimum atomic E-state index is 0.185. The lowest BCUT2D eigenvalue weighted by Gasteiger charge is -2.28. The van der Waals surface area contributed by atoms with Gasteiger partial charge in [0.1, 0.15) is 0 Å². The second-order valence-corrected chi connectivity index (χ2v) is 7.75. The normalized spacial score (nSPS) is 19.9. The first-order valence-electron chi connectivity index (χ1n) is 10.1. The van der Waals surface area contributed by atoms with Gasteiger partial charge in [-0.05, 0) is 47.2 Å². The maximum absolute atomic E-state index is 4.80. The summed E-state index contributed by atoms with van der Waals surface area (Å²) in [5, 5.41) is 4.80. The van der Waals surface area contributed by atoms with Crippen LogP contribution in [0.2, 0.25) is 0 Å². The smallest absolute Gasteiger partial charge is 0.0890 e. The molecule has 1 aliphatic carbocycles. The van der Waals surface area contributed by atoms with Crippen molar-refractivity contribution in [2.45, 2.75) is 18.9 Å². The summed E-state index contributed by atoms with van der Waals surface area (Å²) in [5.41, 5.74) is 13.0. The highest BCUT2D eigenvalue weighted by molar-refractivity contribution is 6.07. The molecule has 2 unspecified atom stereocenters. The first-order valence-corrected chi connectivity index (χ1v) is 10.1. The van der Waals surface area contributed by atoms with Gasteiger partial charge >= 0.3 is 0 Å². The van der Waals surface area contributed by atoms with Crippen molar-refractivity contribution in [2.24, 2.45) is 11.0 Å². The van der Waals surface area contributed by atoms with Gasteiger partial charge in [-0.25, -0.2) is 0 Å². The number of rotatable bonds is 2. The van der Waals surface area contributed by atoms with Crippen molar-refractivity contribution < 1.29 is 0 Å². The van der Waals surface area contributed by atoms with Crippen LogP contribution in [0.4, 0.5) is 0 Å². The molecule has 140 valence electrons. The van der Waals surface area contributed by atoms with E-state index in [0.29, 0.717) is 5.92 Å². The van der Waals surface area contributed by atoms with Gasteiger partial charge in [-0.2, -0.15) is 5.10 Å². The molecule has 0 spiro atoms. The predicted octanol–water partition coefficient (Wildman–Crippen LogP) is 4.91. The van der Waals surface area contributed by atoms with Crippen molar-refractivity contribution in [3.8, 4) is 11.1 Å². The van der Waals surface area contributed by atoms with Crippen LogP contribution >= 0.6 is 0 Å². The number of hydrazone groups is 1. The van der Waals surface area contributed by atoms with Crippen LogP contribution in [-0.4, -0.2) is 15.7 Å². The molecule has 0 fully saturated rings. The molecule has 1 N–H and O–H groups in total. The van der Waals surface area contributed by atoms with Gasteiger partial charge in [-0.1, -0.05) is 54.6 Å². The summed E-state index contributed by atoms with van der Waals surface area (Å²) in [7, 11) is 0. The van der Waals surface area contributed by atoms with Gasteiger partial charge in [0.25, 0.3) is 0 Å². The maximum atomic E-state index is 4.80. The molecule has 4 aromatic rings. The van der Waals surface area contributed by atoms with Crippen LogP contribution in [-0.2, 0) is 6.42 Å². The number of benzene rings is 3. The molecule has 0 radical (unpaired) electrons.